The largest absolute Gasteiger partial charge is 0.497 e. The van der Waals surface area contributed by atoms with Crippen LogP contribution in [-0.2, 0) is 10.8 Å². The van der Waals surface area contributed by atoms with Crippen molar-refractivity contribution < 1.29 is 13.7 Å². The second kappa shape index (κ2) is 8.59. The highest BCUT2D eigenvalue weighted by Crippen LogP contribution is 2.39. The molecule has 4 nitrogen and oxygen atoms in total. The molecule has 0 bridgehead atoms. The number of benzene rings is 3. The molecule has 0 amide bonds. The van der Waals surface area contributed by atoms with E-state index in [2.05, 4.69) is 0 Å². The van der Waals surface area contributed by atoms with Crippen LogP contribution in [0, 0.1) is 0 Å². The van der Waals surface area contributed by atoms with Crippen molar-refractivity contribution in [1.29, 1.82) is 0 Å². The molecule has 0 aliphatic rings. The fraction of sp³-hybridized carbons (Fsp3) is 0.0870. The van der Waals surface area contributed by atoms with Gasteiger partial charge in [-0.05, 0) is 66.2 Å². The summed E-state index contributed by atoms with van der Waals surface area (Å²) in [4.78, 5) is 6.49. The molecule has 0 saturated heterocycles. The number of aromatic nitrogens is 1. The first-order valence-electron chi connectivity index (χ1n) is 8.96. The first-order chi connectivity index (χ1) is 14.2. The number of thiazole rings is 1. The van der Waals surface area contributed by atoms with E-state index in [1.54, 1.807) is 14.2 Å². The van der Waals surface area contributed by atoms with Crippen LogP contribution in [0.4, 0.5) is 0 Å². The van der Waals surface area contributed by atoms with E-state index in [4.69, 9.17) is 14.5 Å². The second-order valence-corrected chi connectivity index (χ2v) is 8.85. The molecule has 4 aromatic rings. The van der Waals surface area contributed by atoms with Crippen LogP contribution in [0.1, 0.15) is 0 Å². The van der Waals surface area contributed by atoms with Crippen molar-refractivity contribution in [3.05, 3.63) is 78.9 Å². The summed E-state index contributed by atoms with van der Waals surface area (Å²) in [6, 6.07) is 25.0. The summed E-state index contributed by atoms with van der Waals surface area (Å²) in [6.07, 6.45) is 0. The Kier molecular flexibility index (Phi) is 5.74. The standard InChI is InChI=1S/C23H19NO3S2/c1-26-18-12-8-16(9-13-18)21-22(17-10-14-19(27-2)15-11-17)28-23(24-21)29(25)20-6-4-3-5-7-20/h3-15H,1-2H3. The highest BCUT2D eigenvalue weighted by Gasteiger charge is 2.19. The summed E-state index contributed by atoms with van der Waals surface area (Å²) < 4.78 is 24.2. The summed E-state index contributed by atoms with van der Waals surface area (Å²) in [5.74, 6) is 1.57. The predicted molar refractivity (Wildman–Crippen MR) is 117 cm³/mol. The number of ether oxygens (including phenoxy) is 2. The predicted octanol–water partition coefficient (Wildman–Crippen LogP) is 5.66. The van der Waals surface area contributed by atoms with Gasteiger partial charge in [-0.2, -0.15) is 0 Å². The molecule has 1 unspecified atom stereocenters. The van der Waals surface area contributed by atoms with E-state index in [1.807, 2.05) is 78.9 Å². The van der Waals surface area contributed by atoms with E-state index in [0.717, 1.165) is 38.1 Å². The van der Waals surface area contributed by atoms with Crippen LogP contribution in [-0.4, -0.2) is 23.4 Å². The van der Waals surface area contributed by atoms with Gasteiger partial charge in [0, 0.05) is 10.5 Å². The molecular weight excluding hydrogens is 402 g/mol. The van der Waals surface area contributed by atoms with E-state index < -0.39 is 10.8 Å². The fourth-order valence-corrected chi connectivity index (χ4v) is 5.35. The molecule has 29 heavy (non-hydrogen) atoms. The molecule has 0 fully saturated rings. The molecule has 0 N–H and O–H groups in total. The molecule has 6 heteroatoms. The smallest absolute Gasteiger partial charge is 0.186 e. The molecule has 1 aromatic heterocycles. The van der Waals surface area contributed by atoms with Crippen LogP contribution in [0.3, 0.4) is 0 Å². The minimum Gasteiger partial charge on any atom is -0.497 e. The maximum atomic E-state index is 13.1. The van der Waals surface area contributed by atoms with Crippen molar-refractivity contribution in [1.82, 2.24) is 4.98 Å². The Morgan fingerprint density at radius 1 is 0.759 bits per heavy atom. The SMILES string of the molecule is COc1ccc(-c2nc(S(=O)c3ccccc3)sc2-c2ccc(OC)cc2)cc1. The summed E-state index contributed by atoms with van der Waals surface area (Å²) >= 11 is 1.45. The van der Waals surface area contributed by atoms with Gasteiger partial charge in [0.05, 0.1) is 24.8 Å². The topological polar surface area (TPSA) is 48.4 Å². The number of nitrogens with zero attached hydrogens (tertiary/aromatic N) is 1. The molecule has 0 spiro atoms. The molecule has 1 atom stereocenters. The summed E-state index contributed by atoms with van der Waals surface area (Å²) in [7, 11) is 1.95. The Morgan fingerprint density at radius 2 is 1.31 bits per heavy atom. The lowest BCUT2D eigenvalue weighted by Gasteiger charge is -2.05. The highest BCUT2D eigenvalue weighted by molar-refractivity contribution is 7.87. The number of hydrogen-bond donors (Lipinski definition) is 0. The zero-order valence-corrected chi connectivity index (χ0v) is 17.6. The van der Waals surface area contributed by atoms with E-state index in [0.29, 0.717) is 4.34 Å². The van der Waals surface area contributed by atoms with Gasteiger partial charge < -0.3 is 9.47 Å². The normalized spacial score (nSPS) is 11.8. The minimum absolute atomic E-state index is 0.577. The van der Waals surface area contributed by atoms with Crippen LogP contribution in [0.5, 0.6) is 11.5 Å². The maximum Gasteiger partial charge on any atom is 0.186 e. The number of rotatable bonds is 6. The average Bonchev–Trinajstić information content (AvgIpc) is 3.24. The molecular formula is C23H19NO3S2. The third-order valence-corrected chi connectivity index (χ3v) is 7.15. The molecule has 1 heterocycles. The first kappa shape index (κ1) is 19.4. The van der Waals surface area contributed by atoms with Crippen molar-refractivity contribution >= 4 is 22.1 Å². The lowest BCUT2D eigenvalue weighted by molar-refractivity contribution is 0.414. The van der Waals surface area contributed by atoms with Gasteiger partial charge in [-0.15, -0.1) is 11.3 Å². The van der Waals surface area contributed by atoms with Crippen molar-refractivity contribution in [3.8, 4) is 33.2 Å². The molecule has 0 aliphatic heterocycles. The molecule has 0 saturated carbocycles. The first-order valence-corrected chi connectivity index (χ1v) is 10.9. The fourth-order valence-electron chi connectivity index (χ4n) is 2.91. The van der Waals surface area contributed by atoms with Crippen LogP contribution in [0.15, 0.2) is 88.1 Å². The van der Waals surface area contributed by atoms with Crippen LogP contribution >= 0.6 is 11.3 Å². The van der Waals surface area contributed by atoms with Gasteiger partial charge >= 0.3 is 0 Å². The summed E-state index contributed by atoms with van der Waals surface area (Å²) in [5, 5.41) is 0. The van der Waals surface area contributed by atoms with E-state index >= 15 is 0 Å². The Labute approximate surface area is 176 Å². The summed E-state index contributed by atoms with van der Waals surface area (Å²) in [6.45, 7) is 0. The molecule has 4 rings (SSSR count). The number of hydrogen-bond acceptors (Lipinski definition) is 5. The van der Waals surface area contributed by atoms with E-state index in [-0.39, 0.29) is 0 Å². The molecule has 146 valence electrons. The van der Waals surface area contributed by atoms with Gasteiger partial charge in [0.25, 0.3) is 0 Å². The van der Waals surface area contributed by atoms with Crippen molar-refractivity contribution in [3.63, 3.8) is 0 Å². The van der Waals surface area contributed by atoms with Gasteiger partial charge in [0.1, 0.15) is 22.3 Å². The Balaban J connectivity index is 1.82. The van der Waals surface area contributed by atoms with Gasteiger partial charge in [-0.3, -0.25) is 0 Å². The lowest BCUT2D eigenvalue weighted by Crippen LogP contribution is -1.91. The van der Waals surface area contributed by atoms with Gasteiger partial charge in [0.2, 0.25) is 0 Å². The van der Waals surface area contributed by atoms with Gasteiger partial charge in [0.15, 0.2) is 4.34 Å². The third kappa shape index (κ3) is 4.09. The highest BCUT2D eigenvalue weighted by atomic mass is 32.2. The molecule has 3 aromatic carbocycles. The average molecular weight is 422 g/mol. The molecule has 0 radical (unpaired) electrons. The number of methoxy groups -OCH3 is 2. The third-order valence-electron chi connectivity index (χ3n) is 4.44. The van der Waals surface area contributed by atoms with E-state index in [9.17, 15) is 4.21 Å². The van der Waals surface area contributed by atoms with Crippen molar-refractivity contribution in [2.75, 3.05) is 14.2 Å². The van der Waals surface area contributed by atoms with Gasteiger partial charge in [-0.1, -0.05) is 18.2 Å². The zero-order chi connectivity index (χ0) is 20.2. The monoisotopic (exact) mass is 421 g/mol. The van der Waals surface area contributed by atoms with Crippen LogP contribution in [0.25, 0.3) is 21.7 Å². The Morgan fingerprint density at radius 3 is 1.86 bits per heavy atom. The van der Waals surface area contributed by atoms with Gasteiger partial charge in [-0.25, -0.2) is 9.19 Å². The van der Waals surface area contributed by atoms with Crippen LogP contribution < -0.4 is 9.47 Å². The van der Waals surface area contributed by atoms with Crippen molar-refractivity contribution in [2.24, 2.45) is 0 Å². The Bertz CT molecular complexity index is 1060. The summed E-state index contributed by atoms with van der Waals surface area (Å²) in [5.41, 5.74) is 2.76. The molecule has 0 aliphatic carbocycles. The second-order valence-electron chi connectivity index (χ2n) is 6.20. The van der Waals surface area contributed by atoms with Crippen molar-refractivity contribution in [2.45, 2.75) is 9.24 Å². The maximum absolute atomic E-state index is 13.1. The zero-order valence-electron chi connectivity index (χ0n) is 16.0. The Hall–Kier alpha value is -2.96. The minimum atomic E-state index is -1.34. The van der Waals surface area contributed by atoms with E-state index in [1.165, 1.54) is 11.3 Å². The lowest BCUT2D eigenvalue weighted by atomic mass is 10.1. The quantitative estimate of drug-likeness (QED) is 0.403. The van der Waals surface area contributed by atoms with Crippen LogP contribution in [0.2, 0.25) is 0 Å².